The van der Waals surface area contributed by atoms with Crippen LogP contribution in [0.1, 0.15) is 39.8 Å². The molecule has 0 aliphatic carbocycles. The fourth-order valence-corrected chi connectivity index (χ4v) is 5.68. The Morgan fingerprint density at radius 3 is 1.79 bits per heavy atom. The first-order valence-electron chi connectivity index (χ1n) is 15.5. The Labute approximate surface area is 276 Å². The van der Waals surface area contributed by atoms with Crippen LogP contribution < -0.4 is 30.6 Å². The number of nitrogens with two attached hydrogens (primary N) is 1. The van der Waals surface area contributed by atoms with E-state index in [1.54, 1.807) is 32.4 Å². The van der Waals surface area contributed by atoms with Crippen molar-refractivity contribution in [2.45, 2.75) is 31.1 Å². The number of anilines is 1. The van der Waals surface area contributed by atoms with Gasteiger partial charge in [0.05, 0.1) is 26.0 Å². The lowest BCUT2D eigenvalue weighted by molar-refractivity contribution is 0.168. The number of carbonyl (C=O) groups is 1. The molecule has 0 saturated carbocycles. The lowest BCUT2D eigenvalue weighted by Gasteiger charge is -2.31. The SMILES string of the molecule is COc1ccc(C(c2ccc(OC)cc2)C(Cc2ccccc2)NC[C@H](O)c2ccc(OCc3ccccc3)c(NC(N)=O)c2)cc1. The molecule has 0 fully saturated rings. The van der Waals surface area contributed by atoms with E-state index in [1.807, 2.05) is 72.8 Å². The molecule has 0 heterocycles. The van der Waals surface area contributed by atoms with Gasteiger partial charge in [-0.25, -0.2) is 4.79 Å². The summed E-state index contributed by atoms with van der Waals surface area (Å²) in [5.41, 5.74) is 10.8. The highest BCUT2D eigenvalue weighted by molar-refractivity contribution is 5.89. The van der Waals surface area contributed by atoms with E-state index in [4.69, 9.17) is 19.9 Å². The summed E-state index contributed by atoms with van der Waals surface area (Å²) >= 11 is 0. The normalized spacial score (nSPS) is 12.3. The number of hydrogen-bond acceptors (Lipinski definition) is 6. The minimum absolute atomic E-state index is 0.0694. The molecule has 5 aromatic carbocycles. The molecule has 242 valence electrons. The van der Waals surface area contributed by atoms with Gasteiger partial charge in [0.15, 0.2) is 0 Å². The van der Waals surface area contributed by atoms with Gasteiger partial charge in [-0.05, 0) is 70.6 Å². The van der Waals surface area contributed by atoms with Gasteiger partial charge in [0.1, 0.15) is 23.9 Å². The van der Waals surface area contributed by atoms with Crippen molar-refractivity contribution in [3.8, 4) is 17.2 Å². The number of hydrogen-bond donors (Lipinski definition) is 4. The number of aliphatic hydroxyl groups excluding tert-OH is 1. The average Bonchev–Trinajstić information content (AvgIpc) is 3.11. The first kappa shape index (κ1) is 33.1. The molecule has 5 aromatic rings. The lowest BCUT2D eigenvalue weighted by Crippen LogP contribution is -2.39. The maximum absolute atomic E-state index is 11.9. The van der Waals surface area contributed by atoms with E-state index in [9.17, 15) is 9.90 Å². The number of ether oxygens (including phenoxy) is 3. The second kappa shape index (κ2) is 16.3. The highest BCUT2D eigenvalue weighted by atomic mass is 16.5. The van der Waals surface area contributed by atoms with Crippen LogP contribution in [0, 0.1) is 0 Å². The molecule has 0 spiro atoms. The van der Waals surface area contributed by atoms with E-state index in [0.717, 1.165) is 28.2 Å². The van der Waals surface area contributed by atoms with Crippen molar-refractivity contribution >= 4 is 11.7 Å². The molecule has 0 saturated heterocycles. The van der Waals surface area contributed by atoms with Gasteiger partial charge < -0.3 is 35.7 Å². The summed E-state index contributed by atoms with van der Waals surface area (Å²) in [6, 6.07) is 40.7. The van der Waals surface area contributed by atoms with Gasteiger partial charge in [-0.2, -0.15) is 0 Å². The van der Waals surface area contributed by atoms with Crippen LogP contribution in [0.5, 0.6) is 17.2 Å². The van der Waals surface area contributed by atoms with Crippen LogP contribution in [0.3, 0.4) is 0 Å². The molecular weight excluding hydrogens is 590 g/mol. The summed E-state index contributed by atoms with van der Waals surface area (Å²) in [6.45, 7) is 0.567. The van der Waals surface area contributed by atoms with Crippen LogP contribution in [-0.4, -0.2) is 37.9 Å². The predicted octanol–water partition coefficient (Wildman–Crippen LogP) is 6.84. The fraction of sp³-hybridized carbons (Fsp3) is 0.205. The number of benzene rings is 5. The summed E-state index contributed by atoms with van der Waals surface area (Å²) in [6.07, 6.45) is -0.186. The van der Waals surface area contributed by atoms with E-state index in [1.165, 1.54) is 5.56 Å². The Morgan fingerprint density at radius 1 is 0.723 bits per heavy atom. The Bertz CT molecular complexity index is 1650. The quantitative estimate of drug-likeness (QED) is 0.101. The molecule has 47 heavy (non-hydrogen) atoms. The first-order valence-corrected chi connectivity index (χ1v) is 15.5. The van der Waals surface area contributed by atoms with E-state index in [2.05, 4.69) is 47.0 Å². The molecule has 5 rings (SSSR count). The van der Waals surface area contributed by atoms with Crippen molar-refractivity contribution in [3.63, 3.8) is 0 Å². The fourth-order valence-electron chi connectivity index (χ4n) is 5.68. The minimum Gasteiger partial charge on any atom is -0.497 e. The second-order valence-electron chi connectivity index (χ2n) is 11.3. The Balaban J connectivity index is 1.42. The van der Waals surface area contributed by atoms with Crippen LogP contribution in [0.25, 0.3) is 0 Å². The second-order valence-corrected chi connectivity index (χ2v) is 11.3. The number of nitrogens with one attached hydrogen (secondary N) is 2. The number of urea groups is 1. The van der Waals surface area contributed by atoms with Gasteiger partial charge in [-0.3, -0.25) is 0 Å². The number of primary amides is 1. The third-order valence-electron chi connectivity index (χ3n) is 8.11. The van der Waals surface area contributed by atoms with E-state index in [-0.39, 0.29) is 18.5 Å². The molecule has 0 aromatic heterocycles. The van der Waals surface area contributed by atoms with Crippen LogP contribution in [0.15, 0.2) is 127 Å². The summed E-state index contributed by atoms with van der Waals surface area (Å²) in [5, 5.41) is 17.8. The molecule has 2 amide bonds. The van der Waals surface area contributed by atoms with Crippen molar-refractivity contribution < 1.29 is 24.1 Å². The average molecular weight is 632 g/mol. The first-order chi connectivity index (χ1) is 22.9. The van der Waals surface area contributed by atoms with Crippen LogP contribution in [0.4, 0.5) is 10.5 Å². The molecule has 0 bridgehead atoms. The van der Waals surface area contributed by atoms with E-state index < -0.39 is 12.1 Å². The maximum atomic E-state index is 11.9. The minimum atomic E-state index is -0.891. The van der Waals surface area contributed by atoms with Gasteiger partial charge >= 0.3 is 6.03 Å². The van der Waals surface area contributed by atoms with Gasteiger partial charge in [0.25, 0.3) is 0 Å². The van der Waals surface area contributed by atoms with E-state index in [0.29, 0.717) is 30.0 Å². The number of amides is 2. The van der Waals surface area contributed by atoms with Crippen molar-refractivity contribution in [2.24, 2.45) is 5.73 Å². The molecule has 8 nitrogen and oxygen atoms in total. The summed E-state index contributed by atoms with van der Waals surface area (Å²) in [7, 11) is 3.31. The molecule has 8 heteroatoms. The largest absolute Gasteiger partial charge is 0.497 e. The van der Waals surface area contributed by atoms with Gasteiger partial charge in [0, 0.05) is 18.5 Å². The van der Waals surface area contributed by atoms with Gasteiger partial charge in [-0.1, -0.05) is 91.0 Å². The zero-order valence-electron chi connectivity index (χ0n) is 26.6. The lowest BCUT2D eigenvalue weighted by atomic mass is 9.82. The molecule has 5 N–H and O–H groups in total. The van der Waals surface area contributed by atoms with Crippen LogP contribution in [-0.2, 0) is 13.0 Å². The smallest absolute Gasteiger partial charge is 0.316 e. The summed E-state index contributed by atoms with van der Waals surface area (Å²) in [5.74, 6) is 1.95. The number of rotatable bonds is 15. The Hall–Kier alpha value is -5.31. The molecular formula is C39H41N3O5. The van der Waals surface area contributed by atoms with E-state index >= 15 is 0 Å². The van der Waals surface area contributed by atoms with Crippen LogP contribution >= 0.6 is 0 Å². The molecule has 0 aliphatic heterocycles. The Morgan fingerprint density at radius 2 is 1.26 bits per heavy atom. The zero-order valence-corrected chi connectivity index (χ0v) is 26.6. The van der Waals surface area contributed by atoms with Crippen LogP contribution in [0.2, 0.25) is 0 Å². The summed E-state index contributed by atoms with van der Waals surface area (Å²) < 4.78 is 16.9. The topological polar surface area (TPSA) is 115 Å². The molecule has 0 radical (unpaired) electrons. The number of methoxy groups -OCH3 is 2. The summed E-state index contributed by atoms with van der Waals surface area (Å²) in [4.78, 5) is 11.9. The van der Waals surface area contributed by atoms with Crippen molar-refractivity contribution in [1.82, 2.24) is 5.32 Å². The monoisotopic (exact) mass is 631 g/mol. The Kier molecular flexibility index (Phi) is 11.5. The van der Waals surface area contributed by atoms with Gasteiger partial charge in [-0.15, -0.1) is 0 Å². The van der Waals surface area contributed by atoms with Crippen molar-refractivity contribution in [1.29, 1.82) is 0 Å². The van der Waals surface area contributed by atoms with Crippen molar-refractivity contribution in [2.75, 3.05) is 26.1 Å². The number of aliphatic hydroxyl groups is 1. The van der Waals surface area contributed by atoms with Crippen molar-refractivity contribution in [3.05, 3.63) is 155 Å². The number of carbonyl (C=O) groups excluding carboxylic acids is 1. The highest BCUT2D eigenvalue weighted by Crippen LogP contribution is 2.34. The third kappa shape index (κ3) is 9.13. The predicted molar refractivity (Wildman–Crippen MR) is 185 cm³/mol. The highest BCUT2D eigenvalue weighted by Gasteiger charge is 2.27. The molecule has 1 unspecified atom stereocenters. The third-order valence-corrected chi connectivity index (χ3v) is 8.11. The molecule has 0 aliphatic rings. The van der Waals surface area contributed by atoms with Gasteiger partial charge in [0.2, 0.25) is 0 Å². The standard InChI is InChI=1S/C39H41N3O5/c1-45-32-18-13-29(14-19-32)38(30-15-20-33(46-2)21-16-30)35(23-27-9-5-3-6-10-27)41-25-36(43)31-17-22-37(34(24-31)42-39(40)44)47-26-28-11-7-4-8-12-28/h3-22,24,35-36,38,41,43H,23,25-26H2,1-2H3,(H3,40,42,44)/t35?,36-/m0/s1. The zero-order chi connectivity index (χ0) is 33.0. The maximum Gasteiger partial charge on any atom is 0.316 e. The molecule has 2 atom stereocenters.